The zero-order valence-corrected chi connectivity index (χ0v) is 16.7. The number of fused-ring (bicyclic) bond motifs is 1. The molecular weight excluding hydrogens is 334 g/mol. The number of hydrogen-bond acceptors (Lipinski definition) is 2. The molecule has 1 aromatic heterocycles. The van der Waals surface area contributed by atoms with Crippen molar-refractivity contribution < 1.29 is 4.79 Å². The van der Waals surface area contributed by atoms with Crippen molar-refractivity contribution >= 4 is 16.9 Å². The predicted octanol–water partition coefficient (Wildman–Crippen LogP) is 5.27. The van der Waals surface area contributed by atoms with Crippen LogP contribution in [0.4, 0.5) is 0 Å². The molecule has 2 fully saturated rings. The van der Waals surface area contributed by atoms with E-state index in [0.29, 0.717) is 18.4 Å². The van der Waals surface area contributed by atoms with E-state index in [1.165, 1.54) is 63.3 Å². The first-order valence-electron chi connectivity index (χ1n) is 11.0. The maximum atomic E-state index is 12.7. The fourth-order valence-corrected chi connectivity index (χ4v) is 4.99. The van der Waals surface area contributed by atoms with Crippen molar-refractivity contribution in [2.24, 2.45) is 0 Å². The summed E-state index contributed by atoms with van der Waals surface area (Å²) in [5.74, 6) is 1.73. The number of carbonyl (C=O) groups is 1. The quantitative estimate of drug-likeness (QED) is 0.597. The van der Waals surface area contributed by atoms with Crippen molar-refractivity contribution in [3.63, 3.8) is 0 Å². The number of nitrogens with zero attached hydrogens (tertiary/aromatic N) is 3. The van der Waals surface area contributed by atoms with Gasteiger partial charge in [0.15, 0.2) is 0 Å². The fraction of sp³-hybridized carbons (Fsp3) is 0.652. The minimum Gasteiger partial charge on any atom is -0.339 e. The van der Waals surface area contributed by atoms with Crippen LogP contribution in [-0.2, 0) is 11.3 Å². The highest BCUT2D eigenvalue weighted by atomic mass is 16.2. The Hall–Kier alpha value is -1.84. The first-order chi connectivity index (χ1) is 13.3. The van der Waals surface area contributed by atoms with E-state index in [1.54, 1.807) is 0 Å². The topological polar surface area (TPSA) is 38.1 Å². The van der Waals surface area contributed by atoms with Crippen molar-refractivity contribution in [2.45, 2.75) is 89.6 Å². The second kappa shape index (κ2) is 8.45. The van der Waals surface area contributed by atoms with E-state index in [0.717, 1.165) is 24.4 Å². The zero-order valence-electron chi connectivity index (χ0n) is 16.7. The highest BCUT2D eigenvalue weighted by Crippen LogP contribution is 2.35. The number of rotatable bonds is 8. The molecule has 2 heterocycles. The summed E-state index contributed by atoms with van der Waals surface area (Å²) in [6.45, 7) is 4.14. The van der Waals surface area contributed by atoms with Crippen molar-refractivity contribution in [2.75, 3.05) is 6.54 Å². The minimum absolute atomic E-state index is 0.251. The molecule has 2 aliphatic rings. The van der Waals surface area contributed by atoms with E-state index in [1.807, 2.05) is 0 Å². The first kappa shape index (κ1) is 18.5. The second-order valence-electron chi connectivity index (χ2n) is 8.41. The van der Waals surface area contributed by atoms with Crippen LogP contribution in [0.3, 0.4) is 0 Å². The summed E-state index contributed by atoms with van der Waals surface area (Å²) in [5, 5.41) is 0. The highest BCUT2D eigenvalue weighted by molar-refractivity contribution is 5.81. The van der Waals surface area contributed by atoms with E-state index in [2.05, 4.69) is 40.7 Å². The van der Waals surface area contributed by atoms with Crippen LogP contribution in [0.5, 0.6) is 0 Å². The van der Waals surface area contributed by atoms with Crippen LogP contribution in [0, 0.1) is 0 Å². The summed E-state index contributed by atoms with van der Waals surface area (Å²) in [6.07, 6.45) is 11.9. The molecule has 4 heteroatoms. The monoisotopic (exact) mass is 367 g/mol. The molecule has 0 radical (unpaired) electrons. The van der Waals surface area contributed by atoms with Crippen LogP contribution in [0.1, 0.15) is 82.9 Å². The molecule has 4 nitrogen and oxygen atoms in total. The number of aromatic nitrogens is 2. The number of hydrogen-bond donors (Lipinski definition) is 0. The maximum absolute atomic E-state index is 12.7. The molecule has 2 aromatic rings. The normalized spacial score (nSPS) is 21.0. The number of aryl methyl sites for hydroxylation is 1. The Morgan fingerprint density at radius 2 is 1.85 bits per heavy atom. The molecule has 1 amide bonds. The van der Waals surface area contributed by atoms with Crippen LogP contribution in [-0.4, -0.2) is 32.9 Å². The lowest BCUT2D eigenvalue weighted by molar-refractivity contribution is -0.129. The third-order valence-electron chi connectivity index (χ3n) is 6.46. The van der Waals surface area contributed by atoms with Gasteiger partial charge in [-0.2, -0.15) is 0 Å². The number of unbranched alkanes of at least 4 members (excludes halogenated alkanes) is 4. The summed E-state index contributed by atoms with van der Waals surface area (Å²) in [7, 11) is 0. The lowest BCUT2D eigenvalue weighted by Crippen LogP contribution is -2.34. The van der Waals surface area contributed by atoms with E-state index in [-0.39, 0.29) is 5.92 Å². The number of likely N-dealkylation sites (tertiary alicyclic amines) is 1. The molecule has 1 aromatic carbocycles. The van der Waals surface area contributed by atoms with Gasteiger partial charge < -0.3 is 9.47 Å². The molecule has 146 valence electrons. The van der Waals surface area contributed by atoms with Gasteiger partial charge in [0.2, 0.25) is 5.91 Å². The maximum Gasteiger partial charge on any atom is 0.223 e. The van der Waals surface area contributed by atoms with Crippen LogP contribution in [0.15, 0.2) is 24.3 Å². The Bertz CT molecular complexity index is 775. The summed E-state index contributed by atoms with van der Waals surface area (Å²) in [4.78, 5) is 19.9. The molecule has 1 saturated heterocycles. The predicted molar refractivity (Wildman–Crippen MR) is 110 cm³/mol. The van der Waals surface area contributed by atoms with Crippen LogP contribution >= 0.6 is 0 Å². The van der Waals surface area contributed by atoms with Gasteiger partial charge in [0.25, 0.3) is 0 Å². The first-order valence-corrected chi connectivity index (χ1v) is 11.0. The fourth-order valence-electron chi connectivity index (χ4n) is 4.99. The van der Waals surface area contributed by atoms with Gasteiger partial charge in [0, 0.05) is 31.5 Å². The molecule has 1 atom stereocenters. The zero-order chi connectivity index (χ0) is 18.6. The van der Waals surface area contributed by atoms with Gasteiger partial charge in [0.05, 0.1) is 11.0 Å². The van der Waals surface area contributed by atoms with E-state index in [4.69, 9.17) is 4.98 Å². The van der Waals surface area contributed by atoms with Crippen LogP contribution in [0.2, 0.25) is 0 Å². The van der Waals surface area contributed by atoms with E-state index < -0.39 is 0 Å². The molecule has 0 N–H and O–H groups in total. The minimum atomic E-state index is 0.251. The van der Waals surface area contributed by atoms with Crippen molar-refractivity contribution in [3.05, 3.63) is 30.1 Å². The summed E-state index contributed by atoms with van der Waals surface area (Å²) >= 11 is 0. The molecule has 1 aliphatic carbocycles. The van der Waals surface area contributed by atoms with Gasteiger partial charge in [-0.3, -0.25) is 4.79 Å². The summed E-state index contributed by atoms with van der Waals surface area (Å²) < 4.78 is 2.41. The highest BCUT2D eigenvalue weighted by Gasteiger charge is 2.38. The molecule has 1 saturated carbocycles. The third-order valence-corrected chi connectivity index (χ3v) is 6.46. The van der Waals surface area contributed by atoms with Gasteiger partial charge in [0.1, 0.15) is 5.82 Å². The van der Waals surface area contributed by atoms with Gasteiger partial charge in [-0.15, -0.1) is 0 Å². The molecule has 1 unspecified atom stereocenters. The Kier molecular flexibility index (Phi) is 5.80. The van der Waals surface area contributed by atoms with Gasteiger partial charge in [-0.1, -0.05) is 57.6 Å². The van der Waals surface area contributed by atoms with Crippen molar-refractivity contribution in [1.29, 1.82) is 0 Å². The SMILES string of the molecule is CCCCCCCn1c(C2CC(=O)N(C3CCCC3)C2)nc2ccccc21. The molecule has 27 heavy (non-hydrogen) atoms. The standard InChI is InChI=1S/C23H33N3O/c1-2-3-4-5-10-15-25-21-14-9-8-13-20(21)24-23(25)18-16-22(27)26(17-18)19-11-6-7-12-19/h8-9,13-14,18-19H,2-7,10-12,15-17H2,1H3. The van der Waals surface area contributed by atoms with Gasteiger partial charge in [-0.05, 0) is 31.4 Å². The van der Waals surface area contributed by atoms with E-state index in [9.17, 15) is 4.79 Å². The number of amides is 1. The van der Waals surface area contributed by atoms with E-state index >= 15 is 0 Å². The molecule has 4 rings (SSSR count). The molecular formula is C23H33N3O. The second-order valence-corrected chi connectivity index (χ2v) is 8.41. The average Bonchev–Trinajstić information content (AvgIpc) is 3.40. The number of carbonyl (C=O) groups excluding carboxylic acids is 1. The molecule has 1 aliphatic heterocycles. The summed E-state index contributed by atoms with van der Waals surface area (Å²) in [5.41, 5.74) is 2.31. The average molecular weight is 368 g/mol. The molecule has 0 spiro atoms. The van der Waals surface area contributed by atoms with Crippen LogP contribution in [0.25, 0.3) is 11.0 Å². The summed E-state index contributed by atoms with van der Waals surface area (Å²) in [6, 6.07) is 8.94. The van der Waals surface area contributed by atoms with Crippen molar-refractivity contribution in [1.82, 2.24) is 14.5 Å². The lowest BCUT2D eigenvalue weighted by Gasteiger charge is -2.24. The lowest BCUT2D eigenvalue weighted by atomic mass is 10.1. The largest absolute Gasteiger partial charge is 0.339 e. The number of para-hydroxylation sites is 2. The Morgan fingerprint density at radius 1 is 1.07 bits per heavy atom. The Labute approximate surface area is 163 Å². The number of imidazole rings is 1. The Balaban J connectivity index is 1.53. The van der Waals surface area contributed by atoms with Crippen LogP contribution < -0.4 is 0 Å². The van der Waals surface area contributed by atoms with Gasteiger partial charge >= 0.3 is 0 Å². The van der Waals surface area contributed by atoms with Crippen molar-refractivity contribution in [3.8, 4) is 0 Å². The molecule has 0 bridgehead atoms. The number of benzene rings is 1. The van der Waals surface area contributed by atoms with Gasteiger partial charge in [-0.25, -0.2) is 4.98 Å². The smallest absolute Gasteiger partial charge is 0.223 e. The third kappa shape index (κ3) is 3.90. The Morgan fingerprint density at radius 3 is 2.67 bits per heavy atom.